The van der Waals surface area contributed by atoms with Gasteiger partial charge in [-0.2, -0.15) is 14.9 Å². The summed E-state index contributed by atoms with van der Waals surface area (Å²) < 4.78 is 34.2. The van der Waals surface area contributed by atoms with E-state index in [0.29, 0.717) is 5.69 Å². The van der Waals surface area contributed by atoms with Crippen molar-refractivity contribution < 1.29 is 17.9 Å². The highest BCUT2D eigenvalue weighted by atomic mass is 32.2. The van der Waals surface area contributed by atoms with Crippen molar-refractivity contribution in [1.29, 1.82) is 0 Å². The number of aryl methyl sites for hydroxylation is 1. The molecule has 26 heavy (non-hydrogen) atoms. The van der Waals surface area contributed by atoms with E-state index in [1.54, 1.807) is 24.0 Å². The molecule has 0 saturated heterocycles. The number of esters is 1. The van der Waals surface area contributed by atoms with Gasteiger partial charge in [-0.3, -0.25) is 9.48 Å². The van der Waals surface area contributed by atoms with Crippen LogP contribution in [0.4, 0.5) is 0 Å². The predicted octanol–water partition coefficient (Wildman–Crippen LogP) is 0.627. The van der Waals surface area contributed by atoms with E-state index in [4.69, 9.17) is 4.74 Å². The molecular weight excluding hydrogens is 358 g/mol. The van der Waals surface area contributed by atoms with Gasteiger partial charge < -0.3 is 4.74 Å². The van der Waals surface area contributed by atoms with Gasteiger partial charge in [-0.25, -0.2) is 13.1 Å². The van der Waals surface area contributed by atoms with Crippen LogP contribution in [0.1, 0.15) is 5.69 Å². The molecule has 2 aromatic heterocycles. The lowest BCUT2D eigenvalue weighted by molar-refractivity contribution is -0.143. The topological polar surface area (TPSA) is 108 Å². The molecule has 0 aliphatic rings. The van der Waals surface area contributed by atoms with E-state index < -0.39 is 22.5 Å². The van der Waals surface area contributed by atoms with Gasteiger partial charge in [0.2, 0.25) is 10.0 Å². The minimum absolute atomic E-state index is 0.0191. The quantitative estimate of drug-likeness (QED) is 0.607. The Bertz CT molecular complexity index is 995. The number of rotatable bonds is 7. The van der Waals surface area contributed by atoms with Crippen LogP contribution in [0.25, 0.3) is 5.69 Å². The number of ether oxygens (including phenoxy) is 1. The molecule has 0 bridgehead atoms. The van der Waals surface area contributed by atoms with Crippen LogP contribution in [0.5, 0.6) is 0 Å². The molecule has 0 radical (unpaired) electrons. The van der Waals surface area contributed by atoms with Crippen LogP contribution in [0.15, 0.2) is 59.9 Å². The van der Waals surface area contributed by atoms with E-state index in [1.807, 2.05) is 30.3 Å². The van der Waals surface area contributed by atoms with Crippen LogP contribution in [0.2, 0.25) is 0 Å². The summed E-state index contributed by atoms with van der Waals surface area (Å²) in [7, 11) is -2.20. The minimum atomic E-state index is -3.80. The number of nitrogens with zero attached hydrogens (tertiary/aromatic N) is 4. The lowest BCUT2D eigenvalue weighted by Crippen LogP contribution is -2.30. The predicted molar refractivity (Wildman–Crippen MR) is 91.8 cm³/mol. The Morgan fingerprint density at radius 2 is 2.00 bits per heavy atom. The molecule has 0 aliphatic carbocycles. The molecule has 0 aliphatic heterocycles. The molecule has 0 spiro atoms. The highest BCUT2D eigenvalue weighted by Crippen LogP contribution is 2.08. The molecule has 0 amide bonds. The third-order valence-corrected chi connectivity index (χ3v) is 4.80. The normalized spacial score (nSPS) is 11.4. The molecule has 3 rings (SSSR count). The van der Waals surface area contributed by atoms with Gasteiger partial charge in [-0.05, 0) is 18.2 Å². The molecule has 1 N–H and O–H groups in total. The Labute approximate surface area is 150 Å². The van der Waals surface area contributed by atoms with E-state index in [-0.39, 0.29) is 11.5 Å². The highest BCUT2D eigenvalue weighted by Gasteiger charge is 2.18. The Balaban J connectivity index is 1.51. The molecule has 136 valence electrons. The van der Waals surface area contributed by atoms with E-state index in [2.05, 4.69) is 14.9 Å². The summed E-state index contributed by atoms with van der Waals surface area (Å²) in [5.74, 6) is -0.702. The molecule has 2 heterocycles. The molecular formula is C16H17N5O4S. The fraction of sp³-hybridized carbons (Fsp3) is 0.188. The van der Waals surface area contributed by atoms with Gasteiger partial charge in [0, 0.05) is 19.4 Å². The molecule has 0 unspecified atom stereocenters. The zero-order valence-electron chi connectivity index (χ0n) is 13.9. The van der Waals surface area contributed by atoms with Gasteiger partial charge in [-0.15, -0.1) is 0 Å². The minimum Gasteiger partial charge on any atom is -0.458 e. The first kappa shape index (κ1) is 17.8. The fourth-order valence-corrected chi connectivity index (χ4v) is 3.10. The van der Waals surface area contributed by atoms with Gasteiger partial charge in [0.25, 0.3) is 0 Å². The van der Waals surface area contributed by atoms with E-state index in [9.17, 15) is 13.2 Å². The van der Waals surface area contributed by atoms with E-state index >= 15 is 0 Å². The monoisotopic (exact) mass is 375 g/mol. The summed E-state index contributed by atoms with van der Waals surface area (Å²) >= 11 is 0. The highest BCUT2D eigenvalue weighted by molar-refractivity contribution is 7.89. The van der Waals surface area contributed by atoms with Crippen molar-refractivity contribution in [3.8, 4) is 5.69 Å². The maximum atomic E-state index is 12.0. The smallest absolute Gasteiger partial charge is 0.321 e. The Kier molecular flexibility index (Phi) is 5.14. The van der Waals surface area contributed by atoms with Gasteiger partial charge in [0.15, 0.2) is 0 Å². The summed E-state index contributed by atoms with van der Waals surface area (Å²) in [5, 5.41) is 8.09. The van der Waals surface area contributed by atoms with Crippen LogP contribution in [-0.4, -0.2) is 40.5 Å². The number of hydrogen-bond acceptors (Lipinski definition) is 6. The number of carbonyl (C=O) groups excluding carboxylic acids is 1. The number of nitrogens with one attached hydrogen (secondary N) is 1. The third-order valence-electron chi connectivity index (χ3n) is 3.44. The van der Waals surface area contributed by atoms with Gasteiger partial charge in [-0.1, -0.05) is 18.2 Å². The zero-order valence-corrected chi connectivity index (χ0v) is 14.8. The van der Waals surface area contributed by atoms with Crippen LogP contribution in [0.3, 0.4) is 0 Å². The van der Waals surface area contributed by atoms with Crippen molar-refractivity contribution in [3.63, 3.8) is 0 Å². The standard InChI is InChI=1S/C16H17N5O4S/c1-20-11-15(9-17-20)26(23,24)18-10-16(22)25-12-13-7-8-21(19-13)14-5-3-2-4-6-14/h2-9,11,18H,10,12H2,1H3. The first-order chi connectivity index (χ1) is 12.4. The number of sulfonamides is 1. The summed E-state index contributed by atoms with van der Waals surface area (Å²) in [6.07, 6.45) is 4.29. The molecule has 0 saturated carbocycles. The van der Waals surface area contributed by atoms with Crippen molar-refractivity contribution in [2.24, 2.45) is 7.05 Å². The van der Waals surface area contributed by atoms with Crippen molar-refractivity contribution in [2.45, 2.75) is 11.5 Å². The van der Waals surface area contributed by atoms with E-state index in [0.717, 1.165) is 5.69 Å². The van der Waals surface area contributed by atoms with Crippen molar-refractivity contribution in [3.05, 3.63) is 60.7 Å². The number of para-hydroxylation sites is 1. The number of hydrogen-bond donors (Lipinski definition) is 1. The van der Waals surface area contributed by atoms with E-state index in [1.165, 1.54) is 17.1 Å². The molecule has 9 nitrogen and oxygen atoms in total. The maximum absolute atomic E-state index is 12.0. The van der Waals surface area contributed by atoms with Crippen LogP contribution in [0, 0.1) is 0 Å². The second-order valence-corrected chi connectivity index (χ2v) is 7.19. The molecule has 3 aromatic rings. The Morgan fingerprint density at radius 1 is 1.23 bits per heavy atom. The van der Waals surface area contributed by atoms with Crippen LogP contribution < -0.4 is 4.72 Å². The average Bonchev–Trinajstić information content (AvgIpc) is 3.28. The summed E-state index contributed by atoms with van der Waals surface area (Å²) in [4.78, 5) is 11.8. The van der Waals surface area contributed by atoms with Crippen molar-refractivity contribution >= 4 is 16.0 Å². The number of benzene rings is 1. The first-order valence-electron chi connectivity index (χ1n) is 7.68. The number of aromatic nitrogens is 4. The van der Waals surface area contributed by atoms with Gasteiger partial charge >= 0.3 is 5.97 Å². The lowest BCUT2D eigenvalue weighted by Gasteiger charge is -2.05. The van der Waals surface area contributed by atoms with Crippen molar-refractivity contribution in [2.75, 3.05) is 6.54 Å². The molecule has 1 aromatic carbocycles. The maximum Gasteiger partial charge on any atom is 0.321 e. The second kappa shape index (κ2) is 7.50. The fourth-order valence-electron chi connectivity index (χ4n) is 2.14. The average molecular weight is 375 g/mol. The second-order valence-electron chi connectivity index (χ2n) is 5.42. The summed E-state index contributed by atoms with van der Waals surface area (Å²) in [5.41, 5.74) is 1.44. The molecule has 0 atom stereocenters. The largest absolute Gasteiger partial charge is 0.458 e. The Hall–Kier alpha value is -2.98. The lowest BCUT2D eigenvalue weighted by atomic mass is 10.3. The third kappa shape index (κ3) is 4.35. The zero-order chi connectivity index (χ0) is 18.6. The number of carbonyl (C=O) groups is 1. The summed E-state index contributed by atoms with van der Waals surface area (Å²) in [6.45, 7) is -0.524. The Morgan fingerprint density at radius 3 is 2.69 bits per heavy atom. The molecule has 0 fully saturated rings. The van der Waals surface area contributed by atoms with Crippen LogP contribution >= 0.6 is 0 Å². The van der Waals surface area contributed by atoms with Gasteiger partial charge in [0.05, 0.1) is 11.9 Å². The van der Waals surface area contributed by atoms with Gasteiger partial charge in [0.1, 0.15) is 23.7 Å². The van der Waals surface area contributed by atoms with Crippen LogP contribution in [-0.2, 0) is 33.2 Å². The van der Waals surface area contributed by atoms with Crippen molar-refractivity contribution in [1.82, 2.24) is 24.3 Å². The SMILES string of the molecule is Cn1cc(S(=O)(=O)NCC(=O)OCc2ccn(-c3ccccc3)n2)cn1. The first-order valence-corrected chi connectivity index (χ1v) is 9.16. The summed E-state index contributed by atoms with van der Waals surface area (Å²) in [6, 6.07) is 11.2. The molecule has 10 heteroatoms.